The second kappa shape index (κ2) is 5.17. The van der Waals surface area contributed by atoms with E-state index in [2.05, 4.69) is 10.2 Å². The van der Waals surface area contributed by atoms with Crippen molar-refractivity contribution in [3.8, 4) is 0 Å². The first-order valence-corrected chi connectivity index (χ1v) is 6.61. The molecule has 0 N–H and O–H groups in total. The van der Waals surface area contributed by atoms with Crippen LogP contribution in [0, 0.1) is 13.8 Å². The van der Waals surface area contributed by atoms with E-state index in [4.69, 9.17) is 11.6 Å². The van der Waals surface area contributed by atoms with Crippen LogP contribution in [0.1, 0.15) is 40.8 Å². The summed E-state index contributed by atoms with van der Waals surface area (Å²) >= 11 is 6.11. The second-order valence-electron chi connectivity index (χ2n) is 4.56. The number of nitrogens with zero attached hydrogens (tertiary/aromatic N) is 4. The number of aromatic nitrogens is 4. The quantitative estimate of drug-likeness (QED) is 0.809. The van der Waals surface area contributed by atoms with E-state index in [0.717, 1.165) is 12.1 Å². The number of halogens is 1. The van der Waals surface area contributed by atoms with Crippen LogP contribution in [0.4, 0.5) is 0 Å². The molecule has 19 heavy (non-hydrogen) atoms. The highest BCUT2D eigenvalue weighted by Crippen LogP contribution is 2.23. The van der Waals surface area contributed by atoms with E-state index in [1.165, 1.54) is 6.20 Å². The molecule has 0 saturated heterocycles. The molecule has 0 spiro atoms. The number of rotatable bonds is 4. The summed E-state index contributed by atoms with van der Waals surface area (Å²) in [6, 6.07) is 0. The van der Waals surface area contributed by atoms with Crippen LogP contribution in [0.25, 0.3) is 0 Å². The lowest BCUT2D eigenvalue weighted by atomic mass is 10.1. The summed E-state index contributed by atoms with van der Waals surface area (Å²) in [5, 5.41) is 8.81. The van der Waals surface area contributed by atoms with Gasteiger partial charge in [0.25, 0.3) is 0 Å². The van der Waals surface area contributed by atoms with Gasteiger partial charge in [-0.15, -0.1) is 0 Å². The zero-order chi connectivity index (χ0) is 14.2. The van der Waals surface area contributed by atoms with Crippen molar-refractivity contribution in [3.63, 3.8) is 0 Å². The molecule has 0 unspecified atom stereocenters. The van der Waals surface area contributed by atoms with E-state index in [9.17, 15) is 4.79 Å². The standard InChI is InChI=1S/C13H17ClN4O/c1-5-6-18-12(10(14)7-15-18)13(19)11-8(2)16-17(4)9(11)3/h7H,5-6H2,1-4H3. The van der Waals surface area contributed by atoms with Gasteiger partial charge < -0.3 is 0 Å². The van der Waals surface area contributed by atoms with Crippen LogP contribution in [0.3, 0.4) is 0 Å². The van der Waals surface area contributed by atoms with Gasteiger partial charge in [-0.25, -0.2) is 0 Å². The molecule has 0 aliphatic rings. The Labute approximate surface area is 117 Å². The highest BCUT2D eigenvalue weighted by Gasteiger charge is 2.24. The van der Waals surface area contributed by atoms with Crippen molar-refractivity contribution in [1.82, 2.24) is 19.6 Å². The molecule has 0 bridgehead atoms. The molecule has 2 aromatic heterocycles. The van der Waals surface area contributed by atoms with E-state index >= 15 is 0 Å². The van der Waals surface area contributed by atoms with Gasteiger partial charge in [-0.1, -0.05) is 18.5 Å². The minimum Gasteiger partial charge on any atom is -0.287 e. The first-order valence-electron chi connectivity index (χ1n) is 6.23. The van der Waals surface area contributed by atoms with Crippen LogP contribution in [-0.2, 0) is 13.6 Å². The Hall–Kier alpha value is -1.62. The van der Waals surface area contributed by atoms with Gasteiger partial charge in [0.05, 0.1) is 22.5 Å². The maximum atomic E-state index is 12.7. The fourth-order valence-corrected chi connectivity index (χ4v) is 2.42. The van der Waals surface area contributed by atoms with Crippen molar-refractivity contribution in [2.24, 2.45) is 7.05 Å². The summed E-state index contributed by atoms with van der Waals surface area (Å²) in [5.41, 5.74) is 2.61. The lowest BCUT2D eigenvalue weighted by molar-refractivity contribution is 0.102. The first kappa shape index (κ1) is 13.8. The average Bonchev–Trinajstić information content (AvgIpc) is 2.81. The fourth-order valence-electron chi connectivity index (χ4n) is 2.19. The lowest BCUT2D eigenvalue weighted by Crippen LogP contribution is -2.13. The molecule has 0 atom stereocenters. The summed E-state index contributed by atoms with van der Waals surface area (Å²) < 4.78 is 3.37. The summed E-state index contributed by atoms with van der Waals surface area (Å²) in [6.07, 6.45) is 2.41. The third-order valence-electron chi connectivity index (χ3n) is 3.18. The summed E-state index contributed by atoms with van der Waals surface area (Å²) in [6.45, 7) is 6.41. The van der Waals surface area contributed by atoms with E-state index in [-0.39, 0.29) is 5.78 Å². The molecule has 0 aliphatic carbocycles. The first-order chi connectivity index (χ1) is 8.97. The molecule has 0 aromatic carbocycles. The van der Waals surface area contributed by atoms with Gasteiger partial charge in [0.15, 0.2) is 0 Å². The highest BCUT2D eigenvalue weighted by atomic mass is 35.5. The maximum absolute atomic E-state index is 12.7. The molecular weight excluding hydrogens is 264 g/mol. The number of ketones is 1. The monoisotopic (exact) mass is 280 g/mol. The Kier molecular flexibility index (Phi) is 3.75. The zero-order valence-corrected chi connectivity index (χ0v) is 12.3. The molecule has 0 amide bonds. The Bertz CT molecular complexity index is 627. The Morgan fingerprint density at radius 3 is 2.63 bits per heavy atom. The SMILES string of the molecule is CCCn1ncc(Cl)c1C(=O)c1c(C)nn(C)c1C. The number of aryl methyl sites for hydroxylation is 3. The van der Waals surface area contributed by atoms with Crippen LogP contribution < -0.4 is 0 Å². The fraction of sp³-hybridized carbons (Fsp3) is 0.462. The smallest absolute Gasteiger partial charge is 0.216 e. The zero-order valence-electron chi connectivity index (χ0n) is 11.6. The Morgan fingerprint density at radius 1 is 1.42 bits per heavy atom. The van der Waals surface area contributed by atoms with Crippen LogP contribution in [0.5, 0.6) is 0 Å². The third kappa shape index (κ3) is 2.30. The summed E-state index contributed by atoms with van der Waals surface area (Å²) in [4.78, 5) is 12.7. The van der Waals surface area contributed by atoms with E-state index in [1.54, 1.807) is 9.36 Å². The van der Waals surface area contributed by atoms with Gasteiger partial charge in [0.1, 0.15) is 5.69 Å². The van der Waals surface area contributed by atoms with Gasteiger partial charge in [0, 0.05) is 19.3 Å². The van der Waals surface area contributed by atoms with Gasteiger partial charge >= 0.3 is 0 Å². The number of hydrogen-bond donors (Lipinski definition) is 0. The predicted octanol–water partition coefficient (Wildman–Crippen LogP) is 2.53. The van der Waals surface area contributed by atoms with Gasteiger partial charge in [-0.2, -0.15) is 10.2 Å². The number of carbonyl (C=O) groups is 1. The average molecular weight is 281 g/mol. The Morgan fingerprint density at radius 2 is 2.11 bits per heavy atom. The molecule has 0 radical (unpaired) electrons. The molecule has 2 heterocycles. The normalized spacial score (nSPS) is 11.0. The minimum atomic E-state index is -0.112. The molecule has 6 heteroatoms. The number of carbonyl (C=O) groups excluding carboxylic acids is 1. The maximum Gasteiger partial charge on any atom is 0.216 e. The molecule has 0 fully saturated rings. The predicted molar refractivity (Wildman–Crippen MR) is 73.6 cm³/mol. The molecule has 102 valence electrons. The summed E-state index contributed by atoms with van der Waals surface area (Å²) in [7, 11) is 1.82. The van der Waals surface area contributed by atoms with Crippen LogP contribution in [0.2, 0.25) is 5.02 Å². The van der Waals surface area contributed by atoms with E-state index in [0.29, 0.717) is 28.5 Å². The van der Waals surface area contributed by atoms with Crippen molar-refractivity contribution in [1.29, 1.82) is 0 Å². The highest BCUT2D eigenvalue weighted by molar-refractivity contribution is 6.34. The van der Waals surface area contributed by atoms with Crippen LogP contribution in [0.15, 0.2) is 6.20 Å². The van der Waals surface area contributed by atoms with Crippen molar-refractivity contribution >= 4 is 17.4 Å². The molecule has 0 saturated carbocycles. The lowest BCUT2D eigenvalue weighted by Gasteiger charge is -2.06. The van der Waals surface area contributed by atoms with Gasteiger partial charge in [-0.05, 0) is 20.3 Å². The van der Waals surface area contributed by atoms with Gasteiger partial charge in [0.2, 0.25) is 5.78 Å². The molecule has 2 rings (SSSR count). The van der Waals surface area contributed by atoms with Crippen molar-refractivity contribution < 1.29 is 4.79 Å². The number of hydrogen-bond acceptors (Lipinski definition) is 3. The topological polar surface area (TPSA) is 52.7 Å². The second-order valence-corrected chi connectivity index (χ2v) is 4.97. The van der Waals surface area contributed by atoms with Crippen LogP contribution in [-0.4, -0.2) is 25.3 Å². The molecule has 0 aliphatic heterocycles. The molecule has 2 aromatic rings. The third-order valence-corrected chi connectivity index (χ3v) is 3.46. The minimum absolute atomic E-state index is 0.112. The van der Waals surface area contributed by atoms with Gasteiger partial charge in [-0.3, -0.25) is 14.2 Å². The van der Waals surface area contributed by atoms with Crippen molar-refractivity contribution in [3.05, 3.63) is 33.9 Å². The van der Waals surface area contributed by atoms with E-state index in [1.807, 2.05) is 27.8 Å². The van der Waals surface area contributed by atoms with Crippen molar-refractivity contribution in [2.75, 3.05) is 0 Å². The van der Waals surface area contributed by atoms with Crippen LogP contribution >= 0.6 is 11.6 Å². The van der Waals surface area contributed by atoms with E-state index < -0.39 is 0 Å². The van der Waals surface area contributed by atoms with Crippen molar-refractivity contribution in [2.45, 2.75) is 33.7 Å². The Balaban J connectivity index is 2.53. The molecular formula is C13H17ClN4O. The summed E-state index contributed by atoms with van der Waals surface area (Å²) in [5.74, 6) is -0.112. The molecule has 5 nitrogen and oxygen atoms in total. The largest absolute Gasteiger partial charge is 0.287 e.